The van der Waals surface area contributed by atoms with Gasteiger partial charge in [-0.3, -0.25) is 4.57 Å². The van der Waals surface area contributed by atoms with Crippen LogP contribution in [0.15, 0.2) is 4.60 Å². The molecule has 0 unspecified atom stereocenters. The number of aromatic nitrogens is 4. The molecule has 0 aliphatic rings. The van der Waals surface area contributed by atoms with Crippen LogP contribution in [0.5, 0.6) is 0 Å². The minimum atomic E-state index is -1.07. The third-order valence-corrected chi connectivity index (χ3v) is 3.18. The van der Waals surface area contributed by atoms with Crippen LogP contribution < -0.4 is 0 Å². The lowest BCUT2D eigenvalue weighted by molar-refractivity contribution is 0.0690. The van der Waals surface area contributed by atoms with Gasteiger partial charge in [0.2, 0.25) is 5.78 Å². The van der Waals surface area contributed by atoms with E-state index >= 15 is 0 Å². The van der Waals surface area contributed by atoms with E-state index < -0.39 is 5.97 Å². The Morgan fingerprint density at radius 2 is 2.00 bits per heavy atom. The summed E-state index contributed by atoms with van der Waals surface area (Å²) in [6.07, 6.45) is 0. The third kappa shape index (κ3) is 1.74. The molecule has 6 nitrogen and oxygen atoms in total. The zero-order chi connectivity index (χ0) is 13.0. The molecule has 0 spiro atoms. The molecule has 0 amide bonds. The maximum atomic E-state index is 10.9. The van der Waals surface area contributed by atoms with Crippen LogP contribution in [0.4, 0.5) is 0 Å². The van der Waals surface area contributed by atoms with E-state index in [1.165, 1.54) is 4.52 Å². The highest BCUT2D eigenvalue weighted by Crippen LogP contribution is 2.25. The normalized spacial score (nSPS) is 12.3. The predicted octanol–water partition coefficient (Wildman–Crippen LogP) is 1.83. The van der Waals surface area contributed by atoms with Gasteiger partial charge in [-0.05, 0) is 15.9 Å². The SMILES string of the molecule is Cn1c(C(C)(C)C)nn2c(Br)c(C(=O)O)nc12. The summed E-state index contributed by atoms with van der Waals surface area (Å²) in [6.45, 7) is 6.13. The lowest BCUT2D eigenvalue weighted by atomic mass is 9.96. The van der Waals surface area contributed by atoms with Crippen molar-refractivity contribution >= 4 is 27.7 Å². The largest absolute Gasteiger partial charge is 0.476 e. The van der Waals surface area contributed by atoms with Crippen molar-refractivity contribution in [3.63, 3.8) is 0 Å². The highest BCUT2D eigenvalue weighted by atomic mass is 79.9. The molecular formula is C10H13BrN4O2. The molecule has 0 fully saturated rings. The quantitative estimate of drug-likeness (QED) is 0.872. The van der Waals surface area contributed by atoms with E-state index in [-0.39, 0.29) is 11.1 Å². The molecule has 17 heavy (non-hydrogen) atoms. The highest BCUT2D eigenvalue weighted by molar-refractivity contribution is 9.10. The van der Waals surface area contributed by atoms with Gasteiger partial charge in [-0.15, -0.1) is 0 Å². The number of fused-ring (bicyclic) bond motifs is 1. The zero-order valence-corrected chi connectivity index (χ0v) is 11.6. The number of hydrogen-bond acceptors (Lipinski definition) is 3. The fourth-order valence-electron chi connectivity index (χ4n) is 1.73. The number of carboxylic acid groups (broad SMARTS) is 1. The number of carboxylic acids is 1. The van der Waals surface area contributed by atoms with Crippen molar-refractivity contribution in [1.82, 2.24) is 19.2 Å². The summed E-state index contributed by atoms with van der Waals surface area (Å²) < 4.78 is 3.67. The first kappa shape index (κ1) is 12.1. The van der Waals surface area contributed by atoms with Crippen molar-refractivity contribution in [1.29, 1.82) is 0 Å². The Morgan fingerprint density at radius 1 is 1.41 bits per heavy atom. The van der Waals surface area contributed by atoms with Crippen molar-refractivity contribution in [2.24, 2.45) is 7.05 Å². The Morgan fingerprint density at radius 3 is 2.41 bits per heavy atom. The summed E-state index contributed by atoms with van der Waals surface area (Å²) in [7, 11) is 1.83. The Balaban J connectivity index is 2.75. The monoisotopic (exact) mass is 300 g/mol. The molecule has 0 radical (unpaired) electrons. The van der Waals surface area contributed by atoms with Crippen LogP contribution in [-0.4, -0.2) is 30.2 Å². The van der Waals surface area contributed by atoms with Crippen LogP contribution in [0.2, 0.25) is 0 Å². The zero-order valence-electron chi connectivity index (χ0n) is 10.0. The van der Waals surface area contributed by atoms with E-state index in [1.54, 1.807) is 4.57 Å². The van der Waals surface area contributed by atoms with E-state index in [1.807, 2.05) is 27.8 Å². The number of hydrogen-bond donors (Lipinski definition) is 1. The summed E-state index contributed by atoms with van der Waals surface area (Å²) in [6, 6.07) is 0. The molecule has 0 saturated heterocycles. The number of nitrogens with zero attached hydrogens (tertiary/aromatic N) is 4. The maximum Gasteiger partial charge on any atom is 0.357 e. The van der Waals surface area contributed by atoms with E-state index in [0.29, 0.717) is 10.4 Å². The third-order valence-electron chi connectivity index (χ3n) is 2.47. The summed E-state index contributed by atoms with van der Waals surface area (Å²) in [5, 5.41) is 13.4. The molecular weight excluding hydrogens is 288 g/mol. The van der Waals surface area contributed by atoms with Crippen molar-refractivity contribution in [2.75, 3.05) is 0 Å². The van der Waals surface area contributed by atoms with Gasteiger partial charge in [-0.2, -0.15) is 9.61 Å². The molecule has 0 aliphatic heterocycles. The van der Waals surface area contributed by atoms with Crippen molar-refractivity contribution in [2.45, 2.75) is 26.2 Å². The second-order valence-corrected chi connectivity index (χ2v) is 5.65. The minimum Gasteiger partial charge on any atom is -0.476 e. The summed E-state index contributed by atoms with van der Waals surface area (Å²) in [4.78, 5) is 15.0. The number of aromatic carboxylic acids is 1. The first-order valence-electron chi connectivity index (χ1n) is 5.08. The van der Waals surface area contributed by atoms with Gasteiger partial charge in [0.25, 0.3) is 0 Å². The average molecular weight is 301 g/mol. The second-order valence-electron chi connectivity index (χ2n) is 4.90. The van der Waals surface area contributed by atoms with E-state index in [4.69, 9.17) is 5.11 Å². The molecule has 0 aromatic carbocycles. The van der Waals surface area contributed by atoms with Crippen LogP contribution in [-0.2, 0) is 12.5 Å². The summed E-state index contributed by atoms with van der Waals surface area (Å²) >= 11 is 3.21. The van der Waals surface area contributed by atoms with Gasteiger partial charge in [0.05, 0.1) is 0 Å². The van der Waals surface area contributed by atoms with Crippen LogP contribution in [0.25, 0.3) is 5.78 Å². The molecule has 0 aliphatic carbocycles. The van der Waals surface area contributed by atoms with Crippen LogP contribution in [0.1, 0.15) is 37.1 Å². The Hall–Kier alpha value is -1.37. The number of carbonyl (C=O) groups is 1. The summed E-state index contributed by atoms with van der Waals surface area (Å²) in [5.41, 5.74) is -0.151. The lowest BCUT2D eigenvalue weighted by Gasteiger charge is -2.16. The van der Waals surface area contributed by atoms with Gasteiger partial charge in [-0.1, -0.05) is 20.8 Å². The fraction of sp³-hybridized carbons (Fsp3) is 0.500. The molecule has 0 bridgehead atoms. The molecule has 92 valence electrons. The first-order chi connectivity index (χ1) is 7.73. The van der Waals surface area contributed by atoms with Gasteiger partial charge < -0.3 is 5.11 Å². The second kappa shape index (κ2) is 3.56. The molecule has 2 aromatic rings. The molecule has 1 N–H and O–H groups in total. The molecule has 2 aromatic heterocycles. The van der Waals surface area contributed by atoms with Gasteiger partial charge in [0, 0.05) is 12.5 Å². The molecule has 2 heterocycles. The standard InChI is InChI=1S/C10H13BrN4O2/c1-10(2,3)8-13-15-6(11)5(7(16)17)12-9(15)14(8)4/h1-4H3,(H,16,17). The van der Waals surface area contributed by atoms with Gasteiger partial charge >= 0.3 is 5.97 Å². The summed E-state index contributed by atoms with van der Waals surface area (Å²) in [5.74, 6) is 0.288. The lowest BCUT2D eigenvalue weighted by Crippen LogP contribution is -2.17. The number of imidazole rings is 1. The molecule has 0 saturated carbocycles. The van der Waals surface area contributed by atoms with Crippen molar-refractivity contribution < 1.29 is 9.90 Å². The van der Waals surface area contributed by atoms with Gasteiger partial charge in [0.15, 0.2) is 5.69 Å². The number of halogens is 1. The smallest absolute Gasteiger partial charge is 0.357 e. The molecule has 2 rings (SSSR count). The Bertz CT molecular complexity index is 606. The number of aryl methyl sites for hydroxylation is 1. The van der Waals surface area contributed by atoms with Crippen molar-refractivity contribution in [3.8, 4) is 0 Å². The van der Waals surface area contributed by atoms with Crippen molar-refractivity contribution in [3.05, 3.63) is 16.1 Å². The minimum absolute atomic E-state index is 0.0245. The number of rotatable bonds is 1. The van der Waals surface area contributed by atoms with Crippen LogP contribution >= 0.6 is 15.9 Å². The average Bonchev–Trinajstić information content (AvgIpc) is 2.65. The predicted molar refractivity (Wildman–Crippen MR) is 65.3 cm³/mol. The fourth-order valence-corrected chi connectivity index (χ4v) is 2.23. The first-order valence-corrected chi connectivity index (χ1v) is 5.87. The van der Waals surface area contributed by atoms with E-state index in [2.05, 4.69) is 26.0 Å². The van der Waals surface area contributed by atoms with Crippen LogP contribution in [0.3, 0.4) is 0 Å². The topological polar surface area (TPSA) is 72.4 Å². The van der Waals surface area contributed by atoms with E-state index in [0.717, 1.165) is 5.82 Å². The highest BCUT2D eigenvalue weighted by Gasteiger charge is 2.26. The molecule has 0 atom stereocenters. The van der Waals surface area contributed by atoms with Gasteiger partial charge in [0.1, 0.15) is 10.4 Å². The maximum absolute atomic E-state index is 10.9. The van der Waals surface area contributed by atoms with Gasteiger partial charge in [-0.25, -0.2) is 9.78 Å². The van der Waals surface area contributed by atoms with Crippen LogP contribution in [0, 0.1) is 0 Å². The van der Waals surface area contributed by atoms with E-state index in [9.17, 15) is 4.79 Å². The Labute approximate surface area is 106 Å². The molecule has 7 heteroatoms. The Kier molecular flexibility index (Phi) is 2.53.